The third-order valence-electron chi connectivity index (χ3n) is 6.24. The number of likely N-dealkylation sites (tertiary alicyclic amines) is 1. The Morgan fingerprint density at radius 1 is 1.17 bits per heavy atom. The Morgan fingerprint density at radius 3 is 2.62 bits per heavy atom. The highest BCUT2D eigenvalue weighted by Crippen LogP contribution is 2.34. The number of methoxy groups -OCH3 is 1. The summed E-state index contributed by atoms with van der Waals surface area (Å²) in [5, 5.41) is 0. The van der Waals surface area contributed by atoms with Crippen LogP contribution in [0.2, 0.25) is 0 Å². The van der Waals surface area contributed by atoms with Crippen molar-refractivity contribution in [2.24, 2.45) is 17.6 Å². The number of carbonyl (C=O) groups excluding carboxylic acids is 1. The van der Waals surface area contributed by atoms with E-state index in [1.807, 2.05) is 11.0 Å². The van der Waals surface area contributed by atoms with E-state index in [1.54, 1.807) is 19.4 Å². The van der Waals surface area contributed by atoms with Gasteiger partial charge in [-0.2, -0.15) is 4.98 Å². The molecule has 2 saturated heterocycles. The summed E-state index contributed by atoms with van der Waals surface area (Å²) in [5.41, 5.74) is 7.32. The van der Waals surface area contributed by atoms with Crippen molar-refractivity contribution in [3.63, 3.8) is 0 Å². The first-order valence-corrected chi connectivity index (χ1v) is 10.4. The van der Waals surface area contributed by atoms with Gasteiger partial charge in [0, 0.05) is 50.3 Å². The van der Waals surface area contributed by atoms with Gasteiger partial charge in [-0.25, -0.2) is 4.98 Å². The van der Waals surface area contributed by atoms with Crippen LogP contribution in [0.25, 0.3) is 0 Å². The van der Waals surface area contributed by atoms with Crippen LogP contribution in [0.4, 0.5) is 5.95 Å². The molecule has 7 nitrogen and oxygen atoms in total. The second-order valence-electron chi connectivity index (χ2n) is 7.92. The molecule has 0 radical (unpaired) electrons. The van der Waals surface area contributed by atoms with Gasteiger partial charge in [0.1, 0.15) is 0 Å². The SMILES string of the molecule is COc1ccnc(N2CCC(C(=O)N3C[C@@H](CN)[C@H](c4ccccc4)C3)CC2)n1. The van der Waals surface area contributed by atoms with Crippen LogP contribution >= 0.6 is 0 Å². The molecular formula is C22H29N5O2. The number of amides is 1. The quantitative estimate of drug-likeness (QED) is 0.832. The minimum Gasteiger partial charge on any atom is -0.481 e. The number of ether oxygens (including phenoxy) is 1. The fourth-order valence-corrected chi connectivity index (χ4v) is 4.55. The highest BCUT2D eigenvalue weighted by molar-refractivity contribution is 5.79. The fraction of sp³-hybridized carbons (Fsp3) is 0.500. The van der Waals surface area contributed by atoms with Gasteiger partial charge in [0.05, 0.1) is 7.11 Å². The van der Waals surface area contributed by atoms with Crippen LogP contribution in [0.1, 0.15) is 24.3 Å². The summed E-state index contributed by atoms with van der Waals surface area (Å²) in [6, 6.07) is 12.2. The minimum atomic E-state index is 0.0600. The lowest BCUT2D eigenvalue weighted by molar-refractivity contribution is -0.135. The van der Waals surface area contributed by atoms with Gasteiger partial charge in [-0.3, -0.25) is 4.79 Å². The molecule has 29 heavy (non-hydrogen) atoms. The molecule has 0 spiro atoms. The molecule has 3 heterocycles. The molecule has 2 fully saturated rings. The number of aromatic nitrogens is 2. The molecule has 1 aromatic carbocycles. The molecule has 0 aliphatic carbocycles. The van der Waals surface area contributed by atoms with Crippen LogP contribution in [0.5, 0.6) is 5.88 Å². The van der Waals surface area contributed by atoms with Crippen molar-refractivity contribution in [2.75, 3.05) is 44.7 Å². The second kappa shape index (κ2) is 8.78. The fourth-order valence-electron chi connectivity index (χ4n) is 4.55. The number of nitrogens with zero attached hydrogens (tertiary/aromatic N) is 4. The van der Waals surface area contributed by atoms with Crippen LogP contribution in [0.3, 0.4) is 0 Å². The van der Waals surface area contributed by atoms with Crippen LogP contribution in [0, 0.1) is 11.8 Å². The van der Waals surface area contributed by atoms with E-state index in [-0.39, 0.29) is 11.8 Å². The second-order valence-corrected chi connectivity index (χ2v) is 7.92. The first-order valence-electron chi connectivity index (χ1n) is 10.4. The third-order valence-corrected chi connectivity index (χ3v) is 6.24. The molecule has 7 heteroatoms. The van der Waals surface area contributed by atoms with E-state index >= 15 is 0 Å². The summed E-state index contributed by atoms with van der Waals surface area (Å²) >= 11 is 0. The van der Waals surface area contributed by atoms with E-state index in [0.29, 0.717) is 30.2 Å². The van der Waals surface area contributed by atoms with Crippen molar-refractivity contribution < 1.29 is 9.53 Å². The van der Waals surface area contributed by atoms with Crippen LogP contribution in [0.15, 0.2) is 42.6 Å². The van der Waals surface area contributed by atoms with Gasteiger partial charge in [0.15, 0.2) is 0 Å². The molecule has 2 N–H and O–H groups in total. The van der Waals surface area contributed by atoms with Crippen molar-refractivity contribution in [1.82, 2.24) is 14.9 Å². The number of hydrogen-bond donors (Lipinski definition) is 1. The molecular weight excluding hydrogens is 366 g/mol. The Kier molecular flexibility index (Phi) is 5.94. The Morgan fingerprint density at radius 2 is 1.93 bits per heavy atom. The summed E-state index contributed by atoms with van der Waals surface area (Å²) in [5.74, 6) is 2.22. The van der Waals surface area contributed by atoms with Crippen molar-refractivity contribution in [3.05, 3.63) is 48.2 Å². The molecule has 2 aliphatic rings. The maximum atomic E-state index is 13.2. The normalized spacial score (nSPS) is 22.7. The number of carbonyl (C=O) groups is 1. The average molecular weight is 396 g/mol. The van der Waals surface area contributed by atoms with E-state index in [4.69, 9.17) is 10.5 Å². The number of hydrogen-bond acceptors (Lipinski definition) is 6. The first-order chi connectivity index (χ1) is 14.2. The van der Waals surface area contributed by atoms with Crippen LogP contribution < -0.4 is 15.4 Å². The molecule has 0 saturated carbocycles. The Bertz CT molecular complexity index is 823. The Hall–Kier alpha value is -2.67. The number of anilines is 1. The Balaban J connectivity index is 1.37. The standard InChI is InChI=1S/C22H29N5O2/c1-29-20-7-10-24-22(25-20)26-11-8-17(9-12-26)21(28)27-14-18(13-23)19(15-27)16-5-3-2-4-6-16/h2-7,10,17-19H,8-9,11-15,23H2,1H3/t18-,19+/m1/s1. The molecule has 2 aliphatic heterocycles. The maximum absolute atomic E-state index is 13.2. The largest absolute Gasteiger partial charge is 0.481 e. The predicted octanol–water partition coefficient (Wildman–Crippen LogP) is 1.90. The highest BCUT2D eigenvalue weighted by Gasteiger charge is 2.38. The summed E-state index contributed by atoms with van der Waals surface area (Å²) < 4.78 is 5.19. The van der Waals surface area contributed by atoms with E-state index in [2.05, 4.69) is 39.1 Å². The van der Waals surface area contributed by atoms with Gasteiger partial charge in [-0.15, -0.1) is 0 Å². The average Bonchev–Trinajstić information content (AvgIpc) is 3.24. The van der Waals surface area contributed by atoms with E-state index < -0.39 is 0 Å². The molecule has 2 atom stereocenters. The topological polar surface area (TPSA) is 84.6 Å². The molecule has 0 unspecified atom stereocenters. The number of benzene rings is 1. The highest BCUT2D eigenvalue weighted by atomic mass is 16.5. The third kappa shape index (κ3) is 4.19. The zero-order chi connectivity index (χ0) is 20.2. The lowest BCUT2D eigenvalue weighted by Crippen LogP contribution is -2.42. The number of piperidine rings is 1. The van der Waals surface area contributed by atoms with Gasteiger partial charge in [0.25, 0.3) is 0 Å². The van der Waals surface area contributed by atoms with Gasteiger partial charge >= 0.3 is 0 Å². The number of nitrogens with two attached hydrogens (primary N) is 1. The lowest BCUT2D eigenvalue weighted by atomic mass is 9.89. The van der Waals surface area contributed by atoms with Crippen LogP contribution in [-0.4, -0.2) is 60.6 Å². The van der Waals surface area contributed by atoms with E-state index in [1.165, 1.54) is 5.56 Å². The molecule has 2 aromatic rings. The van der Waals surface area contributed by atoms with Crippen LogP contribution in [-0.2, 0) is 4.79 Å². The summed E-state index contributed by atoms with van der Waals surface area (Å²) in [6.07, 6.45) is 3.34. The van der Waals surface area contributed by atoms with Crippen molar-refractivity contribution in [2.45, 2.75) is 18.8 Å². The zero-order valence-electron chi connectivity index (χ0n) is 16.9. The first kappa shape index (κ1) is 19.6. The van der Waals surface area contributed by atoms with Crippen molar-refractivity contribution >= 4 is 11.9 Å². The zero-order valence-corrected chi connectivity index (χ0v) is 16.9. The van der Waals surface area contributed by atoms with Gasteiger partial charge < -0.3 is 20.3 Å². The lowest BCUT2D eigenvalue weighted by Gasteiger charge is -2.33. The van der Waals surface area contributed by atoms with Crippen molar-refractivity contribution in [3.8, 4) is 5.88 Å². The monoisotopic (exact) mass is 395 g/mol. The van der Waals surface area contributed by atoms with Gasteiger partial charge in [-0.05, 0) is 30.9 Å². The van der Waals surface area contributed by atoms with E-state index in [0.717, 1.165) is 39.0 Å². The predicted molar refractivity (Wildman–Crippen MR) is 112 cm³/mol. The summed E-state index contributed by atoms with van der Waals surface area (Å²) in [4.78, 5) is 26.1. The van der Waals surface area contributed by atoms with Gasteiger partial charge in [-0.1, -0.05) is 30.3 Å². The molecule has 1 amide bonds. The summed E-state index contributed by atoms with van der Waals surface area (Å²) in [7, 11) is 1.60. The number of rotatable bonds is 5. The summed E-state index contributed by atoms with van der Waals surface area (Å²) in [6.45, 7) is 3.69. The smallest absolute Gasteiger partial charge is 0.228 e. The maximum Gasteiger partial charge on any atom is 0.228 e. The minimum absolute atomic E-state index is 0.0600. The Labute approximate surface area is 171 Å². The molecule has 0 bridgehead atoms. The molecule has 4 rings (SSSR count). The molecule has 1 aromatic heterocycles. The van der Waals surface area contributed by atoms with Crippen molar-refractivity contribution in [1.29, 1.82) is 0 Å². The van der Waals surface area contributed by atoms with Gasteiger partial charge in [0.2, 0.25) is 17.7 Å². The molecule has 154 valence electrons. The van der Waals surface area contributed by atoms with E-state index in [9.17, 15) is 4.79 Å².